The van der Waals surface area contributed by atoms with Crippen molar-refractivity contribution >= 4 is 10.8 Å². The molecule has 1 unspecified atom stereocenters. The van der Waals surface area contributed by atoms with Crippen molar-refractivity contribution in [3.8, 4) is 5.75 Å². The maximum Gasteiger partial charge on any atom is 0.119 e. The Balaban J connectivity index is 2.28. The third-order valence-electron chi connectivity index (χ3n) is 3.77. The zero-order chi connectivity index (χ0) is 14.4. The Morgan fingerprint density at radius 3 is 2.50 bits per heavy atom. The monoisotopic (exact) mass is 271 g/mol. The Kier molecular flexibility index (Phi) is 5.42. The van der Waals surface area contributed by atoms with Crippen LogP contribution in [0.15, 0.2) is 36.4 Å². The van der Waals surface area contributed by atoms with Crippen LogP contribution < -0.4 is 10.1 Å². The normalized spacial score (nSPS) is 12.6. The van der Waals surface area contributed by atoms with Crippen LogP contribution in [0.25, 0.3) is 10.8 Å². The topological polar surface area (TPSA) is 21.3 Å². The van der Waals surface area contributed by atoms with E-state index in [1.165, 1.54) is 35.6 Å². The summed E-state index contributed by atoms with van der Waals surface area (Å²) in [6.45, 7) is 5.43. The van der Waals surface area contributed by atoms with E-state index >= 15 is 0 Å². The van der Waals surface area contributed by atoms with E-state index in [1.807, 2.05) is 6.07 Å². The molecule has 0 fully saturated rings. The zero-order valence-electron chi connectivity index (χ0n) is 12.8. The number of fused-ring (bicyclic) bond motifs is 1. The molecular weight excluding hydrogens is 246 g/mol. The van der Waals surface area contributed by atoms with E-state index in [4.69, 9.17) is 4.74 Å². The average molecular weight is 271 g/mol. The van der Waals surface area contributed by atoms with Gasteiger partial charge in [0.05, 0.1) is 7.11 Å². The molecule has 2 nitrogen and oxygen atoms in total. The molecule has 2 heteroatoms. The predicted octanol–water partition coefficient (Wildman–Crippen LogP) is 4.69. The molecule has 1 N–H and O–H groups in total. The highest BCUT2D eigenvalue weighted by Crippen LogP contribution is 2.26. The summed E-state index contributed by atoms with van der Waals surface area (Å²) in [6, 6.07) is 13.5. The van der Waals surface area contributed by atoms with Crippen LogP contribution in [0.1, 0.15) is 44.7 Å². The predicted molar refractivity (Wildman–Crippen MR) is 86.4 cm³/mol. The van der Waals surface area contributed by atoms with Gasteiger partial charge >= 0.3 is 0 Å². The number of hydrogen-bond donors (Lipinski definition) is 1. The number of hydrogen-bond acceptors (Lipinski definition) is 2. The highest BCUT2D eigenvalue weighted by molar-refractivity contribution is 5.84. The lowest BCUT2D eigenvalue weighted by Crippen LogP contribution is -2.20. The lowest BCUT2D eigenvalue weighted by Gasteiger charge is -2.18. The third-order valence-corrected chi connectivity index (χ3v) is 3.77. The van der Waals surface area contributed by atoms with Gasteiger partial charge in [-0.05, 0) is 47.5 Å². The number of benzene rings is 2. The van der Waals surface area contributed by atoms with Gasteiger partial charge in [-0.3, -0.25) is 0 Å². The summed E-state index contributed by atoms with van der Waals surface area (Å²) in [5, 5.41) is 6.11. The van der Waals surface area contributed by atoms with Gasteiger partial charge in [0.1, 0.15) is 5.75 Å². The molecule has 1 atom stereocenters. The Bertz CT molecular complexity index is 550. The Hall–Kier alpha value is -1.54. The van der Waals surface area contributed by atoms with E-state index in [0.717, 1.165) is 12.3 Å². The smallest absolute Gasteiger partial charge is 0.119 e. The zero-order valence-corrected chi connectivity index (χ0v) is 12.8. The summed E-state index contributed by atoms with van der Waals surface area (Å²) in [5.41, 5.74) is 1.39. The Morgan fingerprint density at radius 2 is 1.80 bits per heavy atom. The van der Waals surface area contributed by atoms with Crippen LogP contribution in [0.3, 0.4) is 0 Å². The van der Waals surface area contributed by atoms with Crippen LogP contribution in [0.5, 0.6) is 5.75 Å². The molecule has 2 aromatic carbocycles. The second-order valence-electron chi connectivity index (χ2n) is 5.23. The van der Waals surface area contributed by atoms with E-state index < -0.39 is 0 Å². The highest BCUT2D eigenvalue weighted by Gasteiger charge is 2.10. The lowest BCUT2D eigenvalue weighted by atomic mass is 9.98. The van der Waals surface area contributed by atoms with Crippen LogP contribution in [0.2, 0.25) is 0 Å². The summed E-state index contributed by atoms with van der Waals surface area (Å²) in [4.78, 5) is 0. The standard InChI is InChI=1S/C18H25NO/c1-4-6-7-18(19-5-2)16-9-8-15-13-17(20-3)11-10-14(15)12-16/h8-13,18-19H,4-7H2,1-3H3. The second kappa shape index (κ2) is 7.30. The fourth-order valence-corrected chi connectivity index (χ4v) is 2.63. The van der Waals surface area contributed by atoms with Crippen molar-refractivity contribution in [2.45, 2.75) is 39.2 Å². The Labute approximate surface area is 122 Å². The number of nitrogens with one attached hydrogen (secondary N) is 1. The molecule has 0 saturated heterocycles. The van der Waals surface area contributed by atoms with Crippen molar-refractivity contribution < 1.29 is 4.74 Å². The van der Waals surface area contributed by atoms with Crippen molar-refractivity contribution in [2.75, 3.05) is 13.7 Å². The third kappa shape index (κ3) is 3.51. The number of methoxy groups -OCH3 is 1. The van der Waals surface area contributed by atoms with Gasteiger partial charge in [0.2, 0.25) is 0 Å². The van der Waals surface area contributed by atoms with Gasteiger partial charge in [-0.15, -0.1) is 0 Å². The van der Waals surface area contributed by atoms with Crippen LogP contribution in [0.4, 0.5) is 0 Å². The van der Waals surface area contributed by atoms with Gasteiger partial charge in [0.15, 0.2) is 0 Å². The summed E-state index contributed by atoms with van der Waals surface area (Å²) < 4.78 is 5.28. The lowest BCUT2D eigenvalue weighted by molar-refractivity contribution is 0.415. The summed E-state index contributed by atoms with van der Waals surface area (Å²) >= 11 is 0. The van der Waals surface area contributed by atoms with Gasteiger partial charge in [-0.1, -0.05) is 44.9 Å². The fourth-order valence-electron chi connectivity index (χ4n) is 2.63. The molecule has 0 aromatic heterocycles. The van der Waals surface area contributed by atoms with E-state index in [9.17, 15) is 0 Å². The second-order valence-corrected chi connectivity index (χ2v) is 5.23. The van der Waals surface area contributed by atoms with E-state index in [0.29, 0.717) is 6.04 Å². The van der Waals surface area contributed by atoms with Crippen LogP contribution >= 0.6 is 0 Å². The molecule has 0 amide bonds. The molecule has 2 aromatic rings. The molecule has 20 heavy (non-hydrogen) atoms. The minimum absolute atomic E-state index is 0.464. The van der Waals surface area contributed by atoms with Gasteiger partial charge in [-0.2, -0.15) is 0 Å². The van der Waals surface area contributed by atoms with Crippen LogP contribution in [0, 0.1) is 0 Å². The summed E-state index contributed by atoms with van der Waals surface area (Å²) in [7, 11) is 1.71. The average Bonchev–Trinajstić information content (AvgIpc) is 2.50. The molecule has 0 bridgehead atoms. The quantitative estimate of drug-likeness (QED) is 0.789. The molecule has 0 heterocycles. The minimum atomic E-state index is 0.464. The first-order valence-electron chi connectivity index (χ1n) is 7.59. The van der Waals surface area contributed by atoms with Crippen molar-refractivity contribution in [1.82, 2.24) is 5.32 Å². The number of ether oxygens (including phenoxy) is 1. The van der Waals surface area contributed by atoms with Gasteiger partial charge < -0.3 is 10.1 Å². The minimum Gasteiger partial charge on any atom is -0.497 e. The fraction of sp³-hybridized carbons (Fsp3) is 0.444. The molecular formula is C18H25NO. The van der Waals surface area contributed by atoms with Gasteiger partial charge in [-0.25, -0.2) is 0 Å². The first-order valence-corrected chi connectivity index (χ1v) is 7.59. The van der Waals surface area contributed by atoms with E-state index in [1.54, 1.807) is 7.11 Å². The van der Waals surface area contributed by atoms with Crippen molar-refractivity contribution in [3.63, 3.8) is 0 Å². The Morgan fingerprint density at radius 1 is 1.05 bits per heavy atom. The SMILES string of the molecule is CCCCC(NCC)c1ccc2cc(OC)ccc2c1. The first-order chi connectivity index (χ1) is 9.78. The van der Waals surface area contributed by atoms with Crippen molar-refractivity contribution in [1.29, 1.82) is 0 Å². The van der Waals surface area contributed by atoms with E-state index in [-0.39, 0.29) is 0 Å². The molecule has 2 rings (SSSR count). The summed E-state index contributed by atoms with van der Waals surface area (Å²) in [5.74, 6) is 0.916. The van der Waals surface area contributed by atoms with Crippen molar-refractivity contribution in [3.05, 3.63) is 42.0 Å². The van der Waals surface area contributed by atoms with Crippen LogP contribution in [-0.2, 0) is 0 Å². The molecule has 0 aliphatic heterocycles. The molecule has 0 saturated carbocycles. The van der Waals surface area contributed by atoms with Gasteiger partial charge in [0.25, 0.3) is 0 Å². The molecule has 0 radical (unpaired) electrons. The van der Waals surface area contributed by atoms with E-state index in [2.05, 4.69) is 49.5 Å². The molecule has 0 spiro atoms. The largest absolute Gasteiger partial charge is 0.497 e. The van der Waals surface area contributed by atoms with Crippen molar-refractivity contribution in [2.24, 2.45) is 0 Å². The highest BCUT2D eigenvalue weighted by atomic mass is 16.5. The molecule has 108 valence electrons. The number of rotatable bonds is 7. The number of unbranched alkanes of at least 4 members (excludes halogenated alkanes) is 1. The summed E-state index contributed by atoms with van der Waals surface area (Å²) in [6.07, 6.45) is 3.71. The van der Waals surface area contributed by atoms with Crippen LogP contribution in [-0.4, -0.2) is 13.7 Å². The maximum atomic E-state index is 5.28. The maximum absolute atomic E-state index is 5.28. The first kappa shape index (κ1) is 14.9. The molecule has 0 aliphatic rings. The van der Waals surface area contributed by atoms with Gasteiger partial charge in [0, 0.05) is 6.04 Å². The molecule has 0 aliphatic carbocycles.